The molecule has 3 N–H and O–H groups in total. The fraction of sp³-hybridized carbons (Fsp3) is 0.571. The number of amides is 3. The van der Waals surface area contributed by atoms with Crippen LogP contribution in [0.2, 0.25) is 0 Å². The lowest BCUT2D eigenvalue weighted by Gasteiger charge is -2.30. The van der Waals surface area contributed by atoms with Gasteiger partial charge in [0.1, 0.15) is 0 Å². The van der Waals surface area contributed by atoms with Crippen molar-refractivity contribution in [1.29, 1.82) is 0 Å². The number of alkyl halides is 1. The molecule has 2 fully saturated rings. The maximum atomic E-state index is 12.1. The van der Waals surface area contributed by atoms with Crippen molar-refractivity contribution in [2.45, 2.75) is 44.6 Å². The molecule has 6 nitrogen and oxygen atoms in total. The van der Waals surface area contributed by atoms with Crippen molar-refractivity contribution in [3.63, 3.8) is 0 Å². The molecule has 1 aromatic rings. The van der Waals surface area contributed by atoms with Crippen LogP contribution in [0.1, 0.15) is 37.7 Å². The van der Waals surface area contributed by atoms with E-state index in [0.29, 0.717) is 5.41 Å². The van der Waals surface area contributed by atoms with Crippen LogP contribution in [-0.4, -0.2) is 42.2 Å². The molecule has 0 bridgehead atoms. The van der Waals surface area contributed by atoms with Crippen molar-refractivity contribution in [1.82, 2.24) is 16.0 Å². The Morgan fingerprint density at radius 3 is 2.29 bits per heavy atom. The second kappa shape index (κ2) is 9.54. The maximum Gasteiger partial charge on any atom is 0.239 e. The summed E-state index contributed by atoms with van der Waals surface area (Å²) >= 11 is 3.01. The highest BCUT2D eigenvalue weighted by Gasteiger charge is 2.54. The predicted octanol–water partition coefficient (Wildman–Crippen LogP) is 1.92. The molecule has 1 aromatic carbocycles. The third-order valence-electron chi connectivity index (χ3n) is 6.04. The van der Waals surface area contributed by atoms with Gasteiger partial charge in [0.25, 0.3) is 0 Å². The van der Waals surface area contributed by atoms with Crippen molar-refractivity contribution in [2.24, 2.45) is 11.3 Å². The van der Waals surface area contributed by atoms with Gasteiger partial charge in [-0.1, -0.05) is 46.3 Å². The van der Waals surface area contributed by atoms with E-state index >= 15 is 0 Å². The lowest BCUT2D eigenvalue weighted by Crippen LogP contribution is -2.45. The van der Waals surface area contributed by atoms with Crippen molar-refractivity contribution in [2.75, 3.05) is 18.4 Å². The molecule has 2 aliphatic carbocycles. The topological polar surface area (TPSA) is 87.3 Å². The minimum atomic E-state index is -0.367. The summed E-state index contributed by atoms with van der Waals surface area (Å²) in [6.45, 7) is -0.173. The zero-order chi connectivity index (χ0) is 20.0. The maximum absolute atomic E-state index is 12.1. The van der Waals surface area contributed by atoms with Gasteiger partial charge in [-0.2, -0.15) is 0 Å². The van der Waals surface area contributed by atoms with Crippen LogP contribution in [0.25, 0.3) is 0 Å². The summed E-state index contributed by atoms with van der Waals surface area (Å²) < 4.78 is 0. The summed E-state index contributed by atoms with van der Waals surface area (Å²) in [6, 6.07) is 10.9. The molecule has 3 rings (SSSR count). The average molecular weight is 450 g/mol. The third kappa shape index (κ3) is 5.80. The number of carbonyl (C=O) groups is 3. The Morgan fingerprint density at radius 2 is 1.61 bits per heavy atom. The van der Waals surface area contributed by atoms with Crippen LogP contribution in [0.3, 0.4) is 0 Å². The van der Waals surface area contributed by atoms with E-state index in [-0.39, 0.29) is 42.2 Å². The van der Waals surface area contributed by atoms with E-state index in [9.17, 15) is 14.4 Å². The van der Waals surface area contributed by atoms with Crippen LogP contribution in [0, 0.1) is 11.3 Å². The molecule has 2 saturated carbocycles. The van der Waals surface area contributed by atoms with E-state index < -0.39 is 0 Å². The highest BCUT2D eigenvalue weighted by molar-refractivity contribution is 9.09. The molecule has 0 aliphatic heterocycles. The first-order chi connectivity index (χ1) is 13.5. The number of nitrogens with one attached hydrogen (secondary N) is 3. The number of halogens is 1. The van der Waals surface area contributed by atoms with Gasteiger partial charge < -0.3 is 16.0 Å². The molecule has 1 atom stereocenters. The number of carbonyl (C=O) groups excluding carboxylic acids is 3. The quantitative estimate of drug-likeness (QED) is 0.529. The van der Waals surface area contributed by atoms with Gasteiger partial charge in [0.15, 0.2) is 0 Å². The molecule has 1 unspecified atom stereocenters. The second-order valence-electron chi connectivity index (χ2n) is 7.98. The predicted molar refractivity (Wildman–Crippen MR) is 111 cm³/mol. The van der Waals surface area contributed by atoms with Crippen molar-refractivity contribution >= 4 is 33.7 Å². The molecule has 1 spiro atoms. The summed E-state index contributed by atoms with van der Waals surface area (Å²) in [6.07, 6.45) is 6.81. The number of benzene rings is 1. The van der Waals surface area contributed by atoms with E-state index in [1.54, 1.807) is 0 Å². The Morgan fingerprint density at radius 1 is 0.964 bits per heavy atom. The highest BCUT2D eigenvalue weighted by atomic mass is 79.9. The molecular weight excluding hydrogens is 422 g/mol. The molecule has 0 aromatic heterocycles. The van der Waals surface area contributed by atoms with Crippen LogP contribution in [0.5, 0.6) is 0 Å². The van der Waals surface area contributed by atoms with Crippen LogP contribution in [0.15, 0.2) is 30.3 Å². The largest absolute Gasteiger partial charge is 0.352 e. The molecule has 2 aliphatic rings. The lowest BCUT2D eigenvalue weighted by atomic mass is 9.81. The zero-order valence-corrected chi connectivity index (χ0v) is 17.6. The fourth-order valence-electron chi connectivity index (χ4n) is 4.31. The van der Waals surface area contributed by atoms with Gasteiger partial charge in [0.2, 0.25) is 17.7 Å². The molecule has 0 heterocycles. The Kier molecular flexibility index (Phi) is 7.10. The highest BCUT2D eigenvalue weighted by Crippen LogP contribution is 2.62. The van der Waals surface area contributed by atoms with Crippen LogP contribution in [0.4, 0.5) is 0 Å². The smallest absolute Gasteiger partial charge is 0.239 e. The molecule has 28 heavy (non-hydrogen) atoms. The summed E-state index contributed by atoms with van der Waals surface area (Å²) in [5.74, 6) is -0.0199. The fourth-order valence-corrected chi connectivity index (χ4v) is 4.51. The standard InChI is InChI=1S/C21H28BrN3O3/c22-12-18(26)23-13-19(27)24-14-20(28)25-17-6-8-21(9-7-17)11-16(21)10-15-4-2-1-3-5-15/h1-5,16-17H,6-14H2,(H,23,26)(H,24,27)(H,25,28). The van der Waals surface area contributed by atoms with Gasteiger partial charge in [0.05, 0.1) is 18.4 Å². The third-order valence-corrected chi connectivity index (χ3v) is 6.55. The molecule has 7 heteroatoms. The van der Waals surface area contributed by atoms with E-state index in [1.807, 2.05) is 0 Å². The van der Waals surface area contributed by atoms with Crippen molar-refractivity contribution in [3.05, 3.63) is 35.9 Å². The molecule has 0 saturated heterocycles. The Bertz CT molecular complexity index is 702. The normalized spacial score (nSPS) is 25.8. The van der Waals surface area contributed by atoms with Crippen LogP contribution in [-0.2, 0) is 20.8 Å². The first-order valence-corrected chi connectivity index (χ1v) is 11.1. The minimum Gasteiger partial charge on any atom is -0.352 e. The number of hydrogen-bond acceptors (Lipinski definition) is 3. The SMILES string of the molecule is O=C(CBr)NCC(=O)NCC(=O)NC1CCC2(CC1)CC2Cc1ccccc1. The Hall–Kier alpha value is -1.89. The van der Waals surface area contributed by atoms with Crippen LogP contribution < -0.4 is 16.0 Å². The lowest BCUT2D eigenvalue weighted by molar-refractivity contribution is -0.127. The minimum absolute atomic E-state index is 0.0543. The summed E-state index contributed by atoms with van der Waals surface area (Å²) in [4.78, 5) is 34.8. The summed E-state index contributed by atoms with van der Waals surface area (Å²) in [5, 5.41) is 8.16. The molecule has 152 valence electrons. The van der Waals surface area contributed by atoms with E-state index in [4.69, 9.17) is 0 Å². The van der Waals surface area contributed by atoms with E-state index in [0.717, 1.165) is 25.2 Å². The van der Waals surface area contributed by atoms with Crippen molar-refractivity contribution < 1.29 is 14.4 Å². The van der Waals surface area contributed by atoms with Gasteiger partial charge in [0, 0.05) is 6.04 Å². The molecule has 3 amide bonds. The first-order valence-electron chi connectivity index (χ1n) is 9.93. The average Bonchev–Trinajstić information content (AvgIpc) is 3.38. The Labute approximate surface area is 174 Å². The number of rotatable bonds is 8. The van der Waals surface area contributed by atoms with Gasteiger partial charge in [-0.15, -0.1) is 0 Å². The van der Waals surface area contributed by atoms with Gasteiger partial charge in [-0.05, 0) is 55.4 Å². The van der Waals surface area contributed by atoms with Crippen LogP contribution >= 0.6 is 15.9 Å². The van der Waals surface area contributed by atoms with Gasteiger partial charge in [-0.3, -0.25) is 14.4 Å². The first kappa shape index (κ1) is 20.8. The number of hydrogen-bond donors (Lipinski definition) is 3. The molecule has 0 radical (unpaired) electrons. The second-order valence-corrected chi connectivity index (χ2v) is 8.54. The Balaban J connectivity index is 1.32. The summed E-state index contributed by atoms with van der Waals surface area (Å²) in [7, 11) is 0. The van der Waals surface area contributed by atoms with E-state index in [1.165, 1.54) is 24.8 Å². The van der Waals surface area contributed by atoms with Gasteiger partial charge in [-0.25, -0.2) is 0 Å². The monoisotopic (exact) mass is 449 g/mol. The summed E-state index contributed by atoms with van der Waals surface area (Å²) in [5.41, 5.74) is 1.90. The van der Waals surface area contributed by atoms with Gasteiger partial charge >= 0.3 is 0 Å². The van der Waals surface area contributed by atoms with E-state index in [2.05, 4.69) is 62.2 Å². The zero-order valence-electron chi connectivity index (χ0n) is 16.0. The van der Waals surface area contributed by atoms with Crippen molar-refractivity contribution in [3.8, 4) is 0 Å². The molecular formula is C21H28BrN3O3.